The van der Waals surface area contributed by atoms with Crippen LogP contribution < -0.4 is 0 Å². The first-order valence-electron chi connectivity index (χ1n) is 4.84. The molecule has 0 spiro atoms. The number of carboxylic acids is 2. The summed E-state index contributed by atoms with van der Waals surface area (Å²) in [4.78, 5) is 21.0. The summed E-state index contributed by atoms with van der Waals surface area (Å²) in [7, 11) is -1.51. The van der Waals surface area contributed by atoms with Crippen LogP contribution >= 0.6 is 7.80 Å². The molecule has 6 heteroatoms. The number of rotatable bonds is 8. The maximum absolute atomic E-state index is 11.3. The molecule has 0 amide bonds. The van der Waals surface area contributed by atoms with Crippen molar-refractivity contribution in [3.63, 3.8) is 0 Å². The third kappa shape index (κ3) is 7.03. The molecule has 0 fully saturated rings. The predicted molar refractivity (Wildman–Crippen MR) is 55.6 cm³/mol. The van der Waals surface area contributed by atoms with E-state index in [1.807, 2.05) is 6.92 Å². The van der Waals surface area contributed by atoms with Crippen LogP contribution in [0, 0.1) is 5.92 Å². The van der Waals surface area contributed by atoms with Crippen molar-refractivity contribution in [3.05, 3.63) is 0 Å². The third-order valence-electron chi connectivity index (χ3n) is 1.95. The second-order valence-corrected chi connectivity index (χ2v) is 5.13. The molecule has 0 bridgehead atoms. The van der Waals surface area contributed by atoms with Crippen molar-refractivity contribution in [2.24, 2.45) is 5.92 Å². The Balaban J connectivity index is 4.10. The second-order valence-electron chi connectivity index (χ2n) is 3.36. The van der Waals surface area contributed by atoms with Crippen LogP contribution in [0.5, 0.6) is 0 Å². The van der Waals surface area contributed by atoms with E-state index in [9.17, 15) is 14.2 Å². The zero-order chi connectivity index (χ0) is 11.8. The average molecular weight is 235 g/mol. The van der Waals surface area contributed by atoms with Gasteiger partial charge in [-0.3, -0.25) is 9.59 Å². The lowest BCUT2D eigenvalue weighted by atomic mass is 10.1. The van der Waals surface area contributed by atoms with Gasteiger partial charge in [0.05, 0.1) is 0 Å². The Morgan fingerprint density at radius 1 is 1.33 bits per heavy atom. The average Bonchev–Trinajstić information content (AvgIpc) is 2.11. The van der Waals surface area contributed by atoms with Crippen molar-refractivity contribution >= 4 is 19.7 Å². The summed E-state index contributed by atoms with van der Waals surface area (Å²) >= 11 is 0. The monoisotopic (exact) mass is 235 g/mol. The largest absolute Gasteiger partial charge is 0.481 e. The molecule has 2 unspecified atom stereocenters. The number of hydrogen-bond donors (Lipinski definition) is 2. The molecular weight excluding hydrogens is 219 g/mol. The van der Waals surface area contributed by atoms with E-state index in [-0.39, 0.29) is 19.0 Å². The van der Waals surface area contributed by atoms with Gasteiger partial charge in [0, 0.05) is 6.42 Å². The van der Waals surface area contributed by atoms with Gasteiger partial charge in [0.2, 0.25) is 0 Å². The lowest BCUT2D eigenvalue weighted by Crippen LogP contribution is -2.18. The molecule has 0 saturated carbocycles. The predicted octanol–water partition coefficient (Wildman–Crippen LogP) is 1.79. The topological polar surface area (TPSA) is 91.7 Å². The molecule has 0 aromatic carbocycles. The third-order valence-corrected chi connectivity index (χ3v) is 3.75. The summed E-state index contributed by atoms with van der Waals surface area (Å²) in [5.74, 6) is -2.88. The molecule has 0 aliphatic heterocycles. The van der Waals surface area contributed by atoms with Gasteiger partial charge in [0.25, 0.3) is 0 Å². The number of hydrogen-bond acceptors (Lipinski definition) is 3. The fourth-order valence-electron chi connectivity index (χ4n) is 1.18. The van der Waals surface area contributed by atoms with E-state index in [4.69, 9.17) is 10.2 Å². The van der Waals surface area contributed by atoms with Gasteiger partial charge in [0.1, 0.15) is 12.1 Å². The van der Waals surface area contributed by atoms with Crippen LogP contribution in [0.2, 0.25) is 0 Å². The molecule has 5 nitrogen and oxygen atoms in total. The molecule has 0 aromatic heterocycles. The maximum Gasteiger partial charge on any atom is 0.339 e. The number of aliphatic carboxylic acids is 2. The van der Waals surface area contributed by atoms with Crippen LogP contribution in [0.3, 0.4) is 0 Å². The fourth-order valence-corrected chi connectivity index (χ4v) is 2.69. The summed E-state index contributed by atoms with van der Waals surface area (Å²) in [6, 6.07) is 0. The molecule has 15 heavy (non-hydrogen) atoms. The second kappa shape index (κ2) is 7.35. The van der Waals surface area contributed by atoms with Crippen LogP contribution in [0.1, 0.15) is 26.2 Å². The summed E-state index contributed by atoms with van der Waals surface area (Å²) in [6.07, 6.45) is 1.21. The first kappa shape index (κ1) is 14.0. The maximum atomic E-state index is 11.3. The first-order chi connectivity index (χ1) is 6.97. The minimum absolute atomic E-state index is 0.0510. The van der Waals surface area contributed by atoms with Gasteiger partial charge >= 0.3 is 19.7 Å². The van der Waals surface area contributed by atoms with E-state index in [1.165, 1.54) is 0 Å². The highest BCUT2D eigenvalue weighted by Crippen LogP contribution is 2.27. The number of carboxylic acid groups (broad SMARTS) is 2. The Hall–Kier alpha value is -0.960. The van der Waals surface area contributed by atoms with Crippen molar-refractivity contribution in [3.8, 4) is 0 Å². The lowest BCUT2D eigenvalue weighted by molar-refractivity contribution is -0.142. The normalized spacial score (nSPS) is 13.3. The van der Waals surface area contributed by atoms with E-state index in [0.717, 1.165) is 6.42 Å². The molecule has 2 N–H and O–H groups in total. The Labute approximate surface area is 89.3 Å². The molecule has 86 valence electrons. The molecule has 0 aliphatic carbocycles. The van der Waals surface area contributed by atoms with Crippen molar-refractivity contribution < 1.29 is 24.4 Å². The summed E-state index contributed by atoms with van der Waals surface area (Å²) < 4.78 is 11.3. The zero-order valence-corrected chi connectivity index (χ0v) is 9.57. The Bertz CT molecular complexity index is 251. The van der Waals surface area contributed by atoms with Gasteiger partial charge in [-0.05, 0) is 12.8 Å². The zero-order valence-electron chi connectivity index (χ0n) is 8.68. The molecule has 0 aromatic rings. The summed E-state index contributed by atoms with van der Waals surface area (Å²) in [5.41, 5.74) is 0. The van der Waals surface area contributed by atoms with Crippen LogP contribution in [0.4, 0.5) is 0 Å². The van der Waals surface area contributed by atoms with Crippen molar-refractivity contribution in [1.82, 2.24) is 0 Å². The standard InChI is InChI=1S/C9H15O5P/c1-2-5-15(14)6-7(9(12)13)3-4-8(10)11/h7H,2-6H2,1H3,(H-,10,11,12,13)/p+1. The van der Waals surface area contributed by atoms with Crippen molar-refractivity contribution in [2.45, 2.75) is 26.2 Å². The van der Waals surface area contributed by atoms with Crippen LogP contribution in [0.25, 0.3) is 0 Å². The van der Waals surface area contributed by atoms with Crippen LogP contribution in [-0.2, 0) is 14.2 Å². The van der Waals surface area contributed by atoms with Gasteiger partial charge < -0.3 is 10.2 Å². The van der Waals surface area contributed by atoms with Crippen LogP contribution in [-0.4, -0.2) is 34.5 Å². The van der Waals surface area contributed by atoms with Gasteiger partial charge in [-0.25, -0.2) is 0 Å². The van der Waals surface area contributed by atoms with E-state index in [1.54, 1.807) is 0 Å². The Kier molecular flexibility index (Phi) is 6.88. The van der Waals surface area contributed by atoms with E-state index >= 15 is 0 Å². The van der Waals surface area contributed by atoms with Gasteiger partial charge in [-0.15, -0.1) is 0 Å². The quantitative estimate of drug-likeness (QED) is 0.626. The van der Waals surface area contributed by atoms with Gasteiger partial charge in [0.15, 0.2) is 6.16 Å². The van der Waals surface area contributed by atoms with E-state index < -0.39 is 25.7 Å². The molecule has 0 radical (unpaired) electrons. The first-order valence-corrected chi connectivity index (χ1v) is 6.47. The molecule has 2 atom stereocenters. The highest BCUT2D eigenvalue weighted by molar-refractivity contribution is 7.44. The summed E-state index contributed by atoms with van der Waals surface area (Å²) in [5, 5.41) is 17.2. The number of carbonyl (C=O) groups is 2. The van der Waals surface area contributed by atoms with Crippen molar-refractivity contribution in [2.75, 3.05) is 12.3 Å². The minimum Gasteiger partial charge on any atom is -0.481 e. The SMILES string of the molecule is CCC[P+](=O)CC(CCC(=O)O)C(=O)O. The lowest BCUT2D eigenvalue weighted by Gasteiger charge is -2.04. The van der Waals surface area contributed by atoms with E-state index in [0.29, 0.717) is 6.16 Å². The smallest absolute Gasteiger partial charge is 0.339 e. The Morgan fingerprint density at radius 2 is 1.93 bits per heavy atom. The molecule has 0 rings (SSSR count). The fraction of sp³-hybridized carbons (Fsp3) is 0.778. The van der Waals surface area contributed by atoms with Gasteiger partial charge in [-0.1, -0.05) is 11.5 Å². The van der Waals surface area contributed by atoms with Crippen molar-refractivity contribution in [1.29, 1.82) is 0 Å². The highest BCUT2D eigenvalue weighted by Gasteiger charge is 2.28. The summed E-state index contributed by atoms with van der Waals surface area (Å²) in [6.45, 7) is 1.88. The van der Waals surface area contributed by atoms with Crippen LogP contribution in [0.15, 0.2) is 0 Å². The Morgan fingerprint density at radius 3 is 2.33 bits per heavy atom. The van der Waals surface area contributed by atoms with E-state index in [2.05, 4.69) is 0 Å². The molecule has 0 heterocycles. The minimum atomic E-state index is -1.51. The molecular formula is C9H16O5P+. The van der Waals surface area contributed by atoms with Gasteiger partial charge in [-0.2, -0.15) is 0 Å². The molecule has 0 saturated heterocycles. The highest BCUT2D eigenvalue weighted by atomic mass is 31.1. The molecule has 0 aliphatic rings.